The van der Waals surface area contributed by atoms with Crippen LogP contribution in [0.3, 0.4) is 0 Å². The first-order valence-electron chi connectivity index (χ1n) is 7.57. The predicted molar refractivity (Wildman–Crippen MR) is 104 cm³/mol. The molecule has 0 fully saturated rings. The molecule has 3 rings (SSSR count). The molecule has 0 aliphatic rings. The van der Waals surface area contributed by atoms with Gasteiger partial charge in [0.25, 0.3) is 5.91 Å². The van der Waals surface area contributed by atoms with Gasteiger partial charge in [0, 0.05) is 10.0 Å². The number of hydrogen-bond acceptors (Lipinski definition) is 4. The molecule has 1 N–H and O–H groups in total. The first-order chi connectivity index (χ1) is 11.7. The van der Waals surface area contributed by atoms with Crippen LogP contribution in [0.15, 0.2) is 36.4 Å². The summed E-state index contributed by atoms with van der Waals surface area (Å²) in [4.78, 5) is 17.0. The number of thiazole rings is 1. The minimum atomic E-state index is -1.07. The second-order valence-electron chi connectivity index (χ2n) is 6.11. The summed E-state index contributed by atoms with van der Waals surface area (Å²) >= 11 is 13.4. The first-order valence-corrected chi connectivity index (χ1v) is 9.14. The van der Waals surface area contributed by atoms with Gasteiger partial charge in [-0.25, -0.2) is 4.98 Å². The highest BCUT2D eigenvalue weighted by molar-refractivity contribution is 7.22. The molecule has 0 aliphatic heterocycles. The molecule has 2 aromatic carbocycles. The Labute approximate surface area is 159 Å². The molecule has 1 heterocycles. The fourth-order valence-electron chi connectivity index (χ4n) is 2.19. The third-order valence-corrected chi connectivity index (χ3v) is 5.22. The van der Waals surface area contributed by atoms with Crippen molar-refractivity contribution in [3.63, 3.8) is 0 Å². The largest absolute Gasteiger partial charge is 0.478 e. The second-order valence-corrected chi connectivity index (χ2v) is 7.98. The predicted octanol–water partition coefficient (Wildman–Crippen LogP) is 5.71. The van der Waals surface area contributed by atoms with Crippen LogP contribution in [0, 0.1) is 6.92 Å². The van der Waals surface area contributed by atoms with Crippen molar-refractivity contribution in [2.45, 2.75) is 26.4 Å². The summed E-state index contributed by atoms with van der Waals surface area (Å²) in [6.45, 7) is 5.33. The number of hydrogen-bond donors (Lipinski definition) is 1. The van der Waals surface area contributed by atoms with Gasteiger partial charge >= 0.3 is 0 Å². The number of carbonyl (C=O) groups excluding carboxylic acids is 1. The number of amides is 1. The number of aromatic nitrogens is 1. The maximum Gasteiger partial charge on any atom is 0.269 e. The maximum atomic E-state index is 12.6. The fraction of sp³-hybridized carbons (Fsp3) is 0.222. The number of halogens is 2. The zero-order valence-corrected chi connectivity index (χ0v) is 16.2. The van der Waals surface area contributed by atoms with Crippen LogP contribution in [0.25, 0.3) is 10.2 Å². The SMILES string of the molecule is Cc1cc2sc(NC(=O)C(C)(C)Oc3ccc(Cl)cc3)nc2cc1Cl. The van der Waals surface area contributed by atoms with Crippen LogP contribution < -0.4 is 10.1 Å². The molecule has 0 bridgehead atoms. The van der Waals surface area contributed by atoms with Crippen LogP contribution in [0.1, 0.15) is 19.4 Å². The van der Waals surface area contributed by atoms with Crippen LogP contribution in [-0.4, -0.2) is 16.5 Å². The number of carbonyl (C=O) groups is 1. The van der Waals surface area contributed by atoms with Gasteiger partial charge < -0.3 is 4.74 Å². The van der Waals surface area contributed by atoms with Gasteiger partial charge in [-0.2, -0.15) is 0 Å². The molecule has 4 nitrogen and oxygen atoms in total. The zero-order chi connectivity index (χ0) is 18.2. The molecule has 0 radical (unpaired) electrons. The molecule has 0 saturated heterocycles. The van der Waals surface area contributed by atoms with Gasteiger partial charge in [-0.1, -0.05) is 34.5 Å². The number of aryl methyl sites for hydroxylation is 1. The van der Waals surface area contributed by atoms with Crippen molar-refractivity contribution in [1.29, 1.82) is 0 Å². The number of benzene rings is 2. The molecular weight excluding hydrogens is 379 g/mol. The summed E-state index contributed by atoms with van der Waals surface area (Å²) < 4.78 is 6.75. The normalized spacial score (nSPS) is 11.6. The number of ether oxygens (including phenoxy) is 1. The molecule has 7 heteroatoms. The topological polar surface area (TPSA) is 51.2 Å². The molecule has 25 heavy (non-hydrogen) atoms. The Morgan fingerprint density at radius 2 is 1.88 bits per heavy atom. The van der Waals surface area contributed by atoms with E-state index >= 15 is 0 Å². The number of nitrogens with one attached hydrogen (secondary N) is 1. The Hall–Kier alpha value is -1.82. The molecule has 3 aromatic rings. The quantitative estimate of drug-likeness (QED) is 0.616. The van der Waals surface area contributed by atoms with Gasteiger partial charge in [0.1, 0.15) is 5.75 Å². The molecular formula is C18H16Cl2N2O2S. The summed E-state index contributed by atoms with van der Waals surface area (Å²) in [5.74, 6) is 0.278. The monoisotopic (exact) mass is 394 g/mol. The summed E-state index contributed by atoms with van der Waals surface area (Å²) in [5.41, 5.74) is 0.661. The third-order valence-electron chi connectivity index (χ3n) is 3.62. The molecule has 130 valence electrons. The molecule has 0 spiro atoms. The van der Waals surface area contributed by atoms with Crippen molar-refractivity contribution < 1.29 is 9.53 Å². The molecule has 1 aromatic heterocycles. The van der Waals surface area contributed by atoms with E-state index in [1.54, 1.807) is 44.2 Å². The van der Waals surface area contributed by atoms with Crippen molar-refractivity contribution in [2.75, 3.05) is 5.32 Å². The number of nitrogens with zero attached hydrogens (tertiary/aromatic N) is 1. The van der Waals surface area contributed by atoms with E-state index in [1.807, 2.05) is 13.0 Å². The van der Waals surface area contributed by atoms with E-state index in [9.17, 15) is 4.79 Å². The summed E-state index contributed by atoms with van der Waals surface area (Å²) in [6, 6.07) is 10.6. The van der Waals surface area contributed by atoms with Crippen molar-refractivity contribution in [2.24, 2.45) is 0 Å². The lowest BCUT2D eigenvalue weighted by Gasteiger charge is -2.24. The lowest BCUT2D eigenvalue weighted by Crippen LogP contribution is -2.42. The van der Waals surface area contributed by atoms with Crippen molar-refractivity contribution in [1.82, 2.24) is 4.98 Å². The standard InChI is InChI=1S/C18H16Cl2N2O2S/c1-10-8-15-14(9-13(10)20)21-17(25-15)22-16(23)18(2,3)24-12-6-4-11(19)5-7-12/h4-9H,1-3H3,(H,21,22,23). The van der Waals surface area contributed by atoms with Crippen molar-refractivity contribution in [3.8, 4) is 5.75 Å². The lowest BCUT2D eigenvalue weighted by atomic mass is 10.1. The van der Waals surface area contributed by atoms with Gasteiger partial charge in [-0.3, -0.25) is 10.1 Å². The molecule has 0 unspecified atom stereocenters. The molecule has 1 amide bonds. The van der Waals surface area contributed by atoms with E-state index < -0.39 is 5.60 Å². The second kappa shape index (κ2) is 6.83. The highest BCUT2D eigenvalue weighted by Crippen LogP contribution is 2.31. The van der Waals surface area contributed by atoms with Crippen LogP contribution in [-0.2, 0) is 4.79 Å². The smallest absolute Gasteiger partial charge is 0.269 e. The highest BCUT2D eigenvalue weighted by Gasteiger charge is 2.30. The number of fused-ring (bicyclic) bond motifs is 1. The van der Waals surface area contributed by atoms with Crippen molar-refractivity contribution in [3.05, 3.63) is 52.0 Å². The Bertz CT molecular complexity index is 897. The Morgan fingerprint density at radius 1 is 1.20 bits per heavy atom. The molecule has 0 saturated carbocycles. The average Bonchev–Trinajstić information content (AvgIpc) is 2.91. The van der Waals surface area contributed by atoms with E-state index in [4.69, 9.17) is 27.9 Å². The van der Waals surface area contributed by atoms with Gasteiger partial charge in [0.05, 0.1) is 10.2 Å². The minimum Gasteiger partial charge on any atom is -0.478 e. The number of anilines is 1. The van der Waals surface area contributed by atoms with Gasteiger partial charge in [0.2, 0.25) is 0 Å². The molecule has 0 atom stereocenters. The summed E-state index contributed by atoms with van der Waals surface area (Å²) in [7, 11) is 0. The average molecular weight is 395 g/mol. The maximum absolute atomic E-state index is 12.6. The summed E-state index contributed by atoms with van der Waals surface area (Å²) in [5, 5.41) is 4.59. The van der Waals surface area contributed by atoms with Crippen LogP contribution in [0.4, 0.5) is 5.13 Å². The van der Waals surface area contributed by atoms with Crippen LogP contribution in [0.2, 0.25) is 10.0 Å². The van der Waals surface area contributed by atoms with Gasteiger partial charge in [-0.15, -0.1) is 0 Å². The summed E-state index contributed by atoms with van der Waals surface area (Å²) in [6.07, 6.45) is 0. The van der Waals surface area contributed by atoms with E-state index in [1.165, 1.54) is 11.3 Å². The van der Waals surface area contributed by atoms with Gasteiger partial charge in [0.15, 0.2) is 10.7 Å². The van der Waals surface area contributed by atoms with Crippen LogP contribution in [0.5, 0.6) is 5.75 Å². The van der Waals surface area contributed by atoms with E-state index in [-0.39, 0.29) is 5.91 Å². The van der Waals surface area contributed by atoms with E-state index in [0.29, 0.717) is 20.9 Å². The number of rotatable bonds is 4. The highest BCUT2D eigenvalue weighted by atomic mass is 35.5. The minimum absolute atomic E-state index is 0.288. The van der Waals surface area contributed by atoms with Gasteiger partial charge in [-0.05, 0) is 62.7 Å². The fourth-order valence-corrected chi connectivity index (χ4v) is 3.42. The lowest BCUT2D eigenvalue weighted by molar-refractivity contribution is -0.128. The zero-order valence-electron chi connectivity index (χ0n) is 13.9. The first kappa shape index (κ1) is 18.0. The van der Waals surface area contributed by atoms with Crippen LogP contribution >= 0.6 is 34.5 Å². The molecule has 0 aliphatic carbocycles. The van der Waals surface area contributed by atoms with E-state index in [2.05, 4.69) is 10.3 Å². The van der Waals surface area contributed by atoms with Crippen molar-refractivity contribution >= 4 is 55.8 Å². The Balaban J connectivity index is 1.77. The van der Waals surface area contributed by atoms with E-state index in [0.717, 1.165) is 15.8 Å². The third kappa shape index (κ3) is 4.06. The Kier molecular flexibility index (Phi) is 4.91. The Morgan fingerprint density at radius 3 is 2.56 bits per heavy atom.